The van der Waals surface area contributed by atoms with Crippen molar-refractivity contribution in [2.45, 2.75) is 6.92 Å². The van der Waals surface area contributed by atoms with Crippen molar-refractivity contribution >= 4 is 55.6 Å². The van der Waals surface area contributed by atoms with Crippen molar-refractivity contribution < 1.29 is 14.0 Å². The largest absolute Gasteiger partial charge is 0.352 e. The monoisotopic (exact) mass is 522 g/mol. The van der Waals surface area contributed by atoms with E-state index >= 15 is 0 Å². The van der Waals surface area contributed by atoms with E-state index in [9.17, 15) is 14.0 Å². The smallest absolute Gasteiger partial charge is 0.184 e. The van der Waals surface area contributed by atoms with Crippen molar-refractivity contribution in [2.75, 3.05) is 12.4 Å². The molecular formula is C16H14BrF2IN4O. The third-order valence-corrected chi connectivity index (χ3v) is 5.02. The van der Waals surface area contributed by atoms with Gasteiger partial charge in [-0.1, -0.05) is 0 Å². The molecule has 0 atom stereocenters. The van der Waals surface area contributed by atoms with Crippen LogP contribution < -0.4 is 10.7 Å². The van der Waals surface area contributed by atoms with Gasteiger partial charge in [-0.05, 0) is 75.3 Å². The van der Waals surface area contributed by atoms with Crippen LogP contribution in [0.4, 0.5) is 20.2 Å². The number of halogens is 4. The number of hydrogen-bond acceptors (Lipinski definition) is 5. The molecule has 1 aliphatic rings. The third-order valence-electron chi connectivity index (χ3n) is 3.77. The Morgan fingerprint density at radius 2 is 1.96 bits per heavy atom. The van der Waals surface area contributed by atoms with Gasteiger partial charge in [0.2, 0.25) is 0 Å². The summed E-state index contributed by atoms with van der Waals surface area (Å²) < 4.78 is 29.8. The van der Waals surface area contributed by atoms with Crippen LogP contribution in [-0.2, 0) is 0 Å². The zero-order chi connectivity index (χ0) is 18.3. The van der Waals surface area contributed by atoms with Crippen molar-refractivity contribution in [2.24, 2.45) is 0 Å². The normalized spacial score (nSPS) is 14.5. The van der Waals surface area contributed by atoms with Crippen LogP contribution in [0.3, 0.4) is 0 Å². The predicted octanol–water partition coefficient (Wildman–Crippen LogP) is 4.74. The fourth-order valence-corrected chi connectivity index (χ4v) is 3.49. The van der Waals surface area contributed by atoms with Crippen LogP contribution in [0.5, 0.6) is 0 Å². The molecule has 3 N–H and O–H groups in total. The van der Waals surface area contributed by atoms with Gasteiger partial charge in [0.15, 0.2) is 11.6 Å². The first-order valence-electron chi connectivity index (χ1n) is 7.19. The summed E-state index contributed by atoms with van der Waals surface area (Å²) in [6, 6.07) is 7.01. The highest BCUT2D eigenvalue weighted by atomic mass is 127. The second kappa shape index (κ2) is 7.06. The topological polar surface area (TPSA) is 50.8 Å². The van der Waals surface area contributed by atoms with Gasteiger partial charge in [-0.25, -0.2) is 8.78 Å². The van der Waals surface area contributed by atoms with Gasteiger partial charge in [0.05, 0.1) is 10.2 Å². The zero-order valence-electron chi connectivity index (χ0n) is 13.2. The number of benzene rings is 2. The first-order valence-corrected chi connectivity index (χ1v) is 9.06. The average Bonchev–Trinajstić information content (AvgIpc) is 2.89. The quantitative estimate of drug-likeness (QED) is 0.401. The van der Waals surface area contributed by atoms with E-state index < -0.39 is 11.6 Å². The lowest BCUT2D eigenvalue weighted by molar-refractivity contribution is -0.187. The van der Waals surface area contributed by atoms with E-state index in [1.165, 1.54) is 17.4 Å². The van der Waals surface area contributed by atoms with Gasteiger partial charge in [-0.2, -0.15) is 5.17 Å². The van der Waals surface area contributed by atoms with Gasteiger partial charge in [-0.3, -0.25) is 5.21 Å². The lowest BCUT2D eigenvalue weighted by Crippen LogP contribution is -2.36. The Balaban J connectivity index is 2.13. The van der Waals surface area contributed by atoms with Crippen molar-refractivity contribution in [3.05, 3.63) is 61.3 Å². The lowest BCUT2D eigenvalue weighted by atomic mass is 10.1. The highest BCUT2D eigenvalue weighted by molar-refractivity contribution is 14.1. The first-order chi connectivity index (χ1) is 11.8. The Morgan fingerprint density at radius 1 is 1.24 bits per heavy atom. The Kier molecular flexibility index (Phi) is 5.19. The number of aryl methyl sites for hydroxylation is 1. The minimum absolute atomic E-state index is 0.0336. The summed E-state index contributed by atoms with van der Waals surface area (Å²) >= 11 is 5.20. The number of hydrogen-bond donors (Lipinski definition) is 3. The number of nitrogens with zero attached hydrogens (tertiary/aromatic N) is 2. The maximum absolute atomic E-state index is 14.7. The van der Waals surface area contributed by atoms with E-state index in [1.54, 1.807) is 13.1 Å². The Morgan fingerprint density at radius 3 is 2.56 bits per heavy atom. The molecule has 0 amide bonds. The molecule has 0 radical (unpaired) electrons. The molecule has 0 aromatic heterocycles. The van der Waals surface area contributed by atoms with E-state index in [4.69, 9.17) is 0 Å². The lowest BCUT2D eigenvalue weighted by Gasteiger charge is -2.23. The molecule has 1 heterocycles. The van der Waals surface area contributed by atoms with Crippen LogP contribution in [0, 0.1) is 22.1 Å². The Bertz CT molecular complexity index is 878. The summed E-state index contributed by atoms with van der Waals surface area (Å²) in [6.07, 6.45) is 1.49. The maximum atomic E-state index is 14.7. The molecule has 9 heteroatoms. The van der Waals surface area contributed by atoms with E-state index in [2.05, 4.69) is 49.3 Å². The van der Waals surface area contributed by atoms with Crippen molar-refractivity contribution in [3.8, 4) is 0 Å². The zero-order valence-corrected chi connectivity index (χ0v) is 17.0. The molecule has 2 aromatic rings. The molecule has 0 bridgehead atoms. The number of hydroxylamine groups is 1. The Hall–Kier alpha value is -1.43. The third kappa shape index (κ3) is 3.46. The Labute approximate surface area is 165 Å². The van der Waals surface area contributed by atoms with E-state index in [0.29, 0.717) is 11.3 Å². The van der Waals surface area contributed by atoms with Gasteiger partial charge < -0.3 is 10.7 Å². The molecule has 5 nitrogen and oxygen atoms in total. The average molecular weight is 523 g/mol. The van der Waals surface area contributed by atoms with Crippen molar-refractivity contribution in [3.63, 3.8) is 0 Å². The maximum Gasteiger partial charge on any atom is 0.184 e. The molecule has 132 valence electrons. The van der Waals surface area contributed by atoms with Crippen LogP contribution in [-0.4, -0.2) is 22.5 Å². The molecule has 0 saturated carbocycles. The molecule has 25 heavy (non-hydrogen) atoms. The van der Waals surface area contributed by atoms with E-state index in [0.717, 1.165) is 14.3 Å². The fraction of sp³-hybridized carbons (Fsp3) is 0.125. The minimum Gasteiger partial charge on any atom is -0.352 e. The van der Waals surface area contributed by atoms with Crippen LogP contribution in [0.15, 0.2) is 34.9 Å². The fourth-order valence-electron chi connectivity index (χ4n) is 2.44. The number of anilines is 2. The summed E-state index contributed by atoms with van der Waals surface area (Å²) in [4.78, 5) is 0. The molecule has 1 aliphatic heterocycles. The van der Waals surface area contributed by atoms with E-state index in [1.807, 2.05) is 19.1 Å². The summed E-state index contributed by atoms with van der Waals surface area (Å²) in [5, 5.41) is 15.2. The standard InChI is InChI=1S/C16H14BrF2IN4O/c1-8-5-9(20)3-4-12(8)22-16-10(6-11(17)14(18)15(16)19)13-7-21-23(2)24(13)25/h3-7,21-22,25H,1-2H3. The molecular weight excluding hydrogens is 509 g/mol. The highest BCUT2D eigenvalue weighted by Crippen LogP contribution is 2.37. The minimum atomic E-state index is -1.04. The molecule has 0 spiro atoms. The van der Waals surface area contributed by atoms with Crippen LogP contribution in [0.1, 0.15) is 11.1 Å². The predicted molar refractivity (Wildman–Crippen MR) is 104 cm³/mol. The number of nitrogens with one attached hydrogen (secondary N) is 2. The summed E-state index contributed by atoms with van der Waals surface area (Å²) in [7, 11) is 1.58. The van der Waals surface area contributed by atoms with Gasteiger partial charge in [0.1, 0.15) is 5.70 Å². The number of rotatable bonds is 3. The SMILES string of the molecule is Cc1cc(I)ccc1Nc1c(C2=CNN(C)N2O)cc(Br)c(F)c1F. The second-order valence-electron chi connectivity index (χ2n) is 5.46. The van der Waals surface area contributed by atoms with Crippen LogP contribution in [0.25, 0.3) is 5.70 Å². The molecule has 0 unspecified atom stereocenters. The second-order valence-corrected chi connectivity index (χ2v) is 7.56. The summed E-state index contributed by atoms with van der Waals surface area (Å²) in [5.74, 6) is -2.04. The summed E-state index contributed by atoms with van der Waals surface area (Å²) in [5.41, 5.74) is 4.80. The number of hydrazine groups is 2. The van der Waals surface area contributed by atoms with Crippen molar-refractivity contribution in [1.82, 2.24) is 15.7 Å². The summed E-state index contributed by atoms with van der Waals surface area (Å²) in [6.45, 7) is 1.87. The molecule has 2 aromatic carbocycles. The van der Waals surface area contributed by atoms with Crippen LogP contribution in [0.2, 0.25) is 0 Å². The highest BCUT2D eigenvalue weighted by Gasteiger charge is 2.27. The van der Waals surface area contributed by atoms with Crippen LogP contribution >= 0.6 is 38.5 Å². The first kappa shape index (κ1) is 18.4. The molecule has 0 aliphatic carbocycles. The van der Waals surface area contributed by atoms with E-state index in [-0.39, 0.29) is 15.9 Å². The molecule has 0 fully saturated rings. The van der Waals surface area contributed by atoms with Gasteiger partial charge in [-0.15, -0.1) is 5.12 Å². The van der Waals surface area contributed by atoms with Gasteiger partial charge in [0, 0.05) is 28.1 Å². The molecule has 3 rings (SSSR count). The molecule has 0 saturated heterocycles. The van der Waals surface area contributed by atoms with Crippen molar-refractivity contribution in [1.29, 1.82) is 0 Å². The van der Waals surface area contributed by atoms with Gasteiger partial charge in [0.25, 0.3) is 0 Å². The van der Waals surface area contributed by atoms with Gasteiger partial charge >= 0.3 is 0 Å².